The van der Waals surface area contributed by atoms with Crippen molar-refractivity contribution in [3.63, 3.8) is 0 Å². The van der Waals surface area contributed by atoms with E-state index >= 15 is 0 Å². The number of likely N-dealkylation sites (N-methyl/N-ethyl adjacent to an activating group) is 1. The van der Waals surface area contributed by atoms with Gasteiger partial charge in [0.15, 0.2) is 0 Å². The Balaban J connectivity index is 2.05. The predicted octanol–water partition coefficient (Wildman–Crippen LogP) is 2.12. The number of rotatable bonds is 8. The molecule has 2 unspecified atom stereocenters. The highest BCUT2D eigenvalue weighted by Gasteiger charge is 2.19. The molecule has 0 aromatic rings. The summed E-state index contributed by atoms with van der Waals surface area (Å²) in [7, 11) is 3.93. The number of nitrogens with one attached hydrogen (secondary N) is 1. The Morgan fingerprint density at radius 2 is 2.12 bits per heavy atom. The molecule has 1 aliphatic rings. The van der Waals surface area contributed by atoms with Crippen molar-refractivity contribution < 1.29 is 4.74 Å². The van der Waals surface area contributed by atoms with Gasteiger partial charge in [0.2, 0.25) is 0 Å². The number of hydrogen-bond donors (Lipinski definition) is 1. The lowest BCUT2D eigenvalue weighted by Gasteiger charge is -2.29. The summed E-state index contributed by atoms with van der Waals surface area (Å²) >= 11 is 0. The molecule has 1 N–H and O–H groups in total. The maximum atomic E-state index is 5.08. The zero-order chi connectivity index (χ0) is 12.5. The zero-order valence-electron chi connectivity index (χ0n) is 11.9. The zero-order valence-corrected chi connectivity index (χ0v) is 11.9. The van der Waals surface area contributed by atoms with E-state index in [1.54, 1.807) is 7.11 Å². The fourth-order valence-electron chi connectivity index (χ4n) is 2.67. The predicted molar refractivity (Wildman–Crippen MR) is 73.4 cm³/mol. The van der Waals surface area contributed by atoms with E-state index in [1.807, 2.05) is 0 Å². The maximum Gasteiger partial charge on any atom is 0.0589 e. The second kappa shape index (κ2) is 8.90. The summed E-state index contributed by atoms with van der Waals surface area (Å²) in [5, 5.41) is 3.71. The fraction of sp³-hybridized carbons (Fsp3) is 1.00. The van der Waals surface area contributed by atoms with E-state index in [0.717, 1.165) is 38.2 Å². The van der Waals surface area contributed by atoms with Crippen molar-refractivity contribution in [2.45, 2.75) is 45.1 Å². The molecule has 0 aliphatic heterocycles. The molecule has 1 saturated carbocycles. The Morgan fingerprint density at radius 1 is 1.29 bits per heavy atom. The van der Waals surface area contributed by atoms with Crippen molar-refractivity contribution in [1.82, 2.24) is 10.2 Å². The van der Waals surface area contributed by atoms with Crippen molar-refractivity contribution in [2.24, 2.45) is 5.92 Å². The third-order valence-electron chi connectivity index (χ3n) is 3.96. The number of hydrogen-bond acceptors (Lipinski definition) is 3. The van der Waals surface area contributed by atoms with Gasteiger partial charge in [0.05, 0.1) is 6.61 Å². The Kier molecular flexibility index (Phi) is 7.82. The molecule has 1 aliphatic carbocycles. The van der Waals surface area contributed by atoms with Crippen LogP contribution in [0, 0.1) is 5.92 Å². The number of methoxy groups -OCH3 is 1. The first-order chi connectivity index (χ1) is 8.26. The normalized spacial score (nSPS) is 25.4. The molecule has 3 nitrogen and oxygen atoms in total. The van der Waals surface area contributed by atoms with Crippen LogP contribution in [0.4, 0.5) is 0 Å². The molecule has 0 amide bonds. The smallest absolute Gasteiger partial charge is 0.0589 e. The second-order valence-electron chi connectivity index (χ2n) is 5.39. The van der Waals surface area contributed by atoms with Crippen molar-refractivity contribution in [3.8, 4) is 0 Å². The molecule has 0 bridgehead atoms. The topological polar surface area (TPSA) is 24.5 Å². The van der Waals surface area contributed by atoms with E-state index in [2.05, 4.69) is 24.2 Å². The molecular formula is C14H30N2O. The number of ether oxygens (including phenoxy) is 1. The molecule has 0 spiro atoms. The van der Waals surface area contributed by atoms with Crippen molar-refractivity contribution in [2.75, 3.05) is 40.4 Å². The SMILES string of the molecule is CCC1CCCC(NCCN(C)CCOC)C1. The lowest BCUT2D eigenvalue weighted by molar-refractivity contribution is 0.160. The molecule has 0 heterocycles. The minimum atomic E-state index is 0.768. The van der Waals surface area contributed by atoms with Crippen molar-refractivity contribution in [1.29, 1.82) is 0 Å². The Morgan fingerprint density at radius 3 is 2.82 bits per heavy atom. The second-order valence-corrected chi connectivity index (χ2v) is 5.39. The summed E-state index contributed by atoms with van der Waals surface area (Å²) in [6.07, 6.45) is 6.97. The molecule has 17 heavy (non-hydrogen) atoms. The number of nitrogens with zero attached hydrogens (tertiary/aromatic N) is 1. The van der Waals surface area contributed by atoms with Gasteiger partial charge in [-0.3, -0.25) is 0 Å². The molecule has 102 valence electrons. The highest BCUT2D eigenvalue weighted by atomic mass is 16.5. The van der Waals surface area contributed by atoms with Gasteiger partial charge in [-0.2, -0.15) is 0 Å². The van der Waals surface area contributed by atoms with E-state index in [4.69, 9.17) is 4.74 Å². The van der Waals surface area contributed by atoms with E-state index < -0.39 is 0 Å². The quantitative estimate of drug-likeness (QED) is 0.705. The van der Waals surface area contributed by atoms with Crippen LogP contribution in [0.3, 0.4) is 0 Å². The van der Waals surface area contributed by atoms with Crippen LogP contribution < -0.4 is 5.32 Å². The summed E-state index contributed by atoms with van der Waals surface area (Å²) in [5.41, 5.74) is 0. The highest BCUT2D eigenvalue weighted by Crippen LogP contribution is 2.26. The molecule has 3 heteroatoms. The molecule has 0 radical (unpaired) electrons. The molecule has 0 aromatic carbocycles. The van der Waals surface area contributed by atoms with Gasteiger partial charge >= 0.3 is 0 Å². The largest absolute Gasteiger partial charge is 0.383 e. The van der Waals surface area contributed by atoms with E-state index in [-0.39, 0.29) is 0 Å². The van der Waals surface area contributed by atoms with Crippen LogP contribution in [0.2, 0.25) is 0 Å². The summed E-state index contributed by atoms with van der Waals surface area (Å²) in [4.78, 5) is 2.33. The molecule has 0 saturated heterocycles. The molecular weight excluding hydrogens is 212 g/mol. The lowest BCUT2D eigenvalue weighted by Crippen LogP contribution is -2.39. The maximum absolute atomic E-state index is 5.08. The van der Waals surface area contributed by atoms with Crippen LogP contribution in [0.25, 0.3) is 0 Å². The van der Waals surface area contributed by atoms with Gasteiger partial charge in [0.25, 0.3) is 0 Å². The minimum Gasteiger partial charge on any atom is -0.383 e. The minimum absolute atomic E-state index is 0.768. The van der Waals surface area contributed by atoms with Crippen LogP contribution >= 0.6 is 0 Å². The lowest BCUT2D eigenvalue weighted by atomic mass is 9.84. The van der Waals surface area contributed by atoms with Gasteiger partial charge in [0, 0.05) is 32.8 Å². The van der Waals surface area contributed by atoms with Crippen LogP contribution in [-0.2, 0) is 4.74 Å². The van der Waals surface area contributed by atoms with Crippen molar-refractivity contribution >= 4 is 0 Å². The summed E-state index contributed by atoms with van der Waals surface area (Å²) in [6.45, 7) is 6.42. The molecule has 1 rings (SSSR count). The van der Waals surface area contributed by atoms with Crippen LogP contribution in [0.1, 0.15) is 39.0 Å². The van der Waals surface area contributed by atoms with Crippen LogP contribution in [-0.4, -0.2) is 51.3 Å². The van der Waals surface area contributed by atoms with Gasteiger partial charge in [-0.15, -0.1) is 0 Å². The first-order valence-electron chi connectivity index (χ1n) is 7.17. The van der Waals surface area contributed by atoms with Gasteiger partial charge in [-0.05, 0) is 25.8 Å². The molecule has 0 aromatic heterocycles. The standard InChI is InChI=1S/C14H30N2O/c1-4-13-6-5-7-14(12-13)15-8-9-16(2)10-11-17-3/h13-15H,4-12H2,1-3H3. The van der Waals surface area contributed by atoms with Crippen molar-refractivity contribution in [3.05, 3.63) is 0 Å². The van der Waals surface area contributed by atoms with Gasteiger partial charge in [-0.25, -0.2) is 0 Å². The third-order valence-corrected chi connectivity index (χ3v) is 3.96. The average molecular weight is 242 g/mol. The summed E-state index contributed by atoms with van der Waals surface area (Å²) in [5.74, 6) is 0.965. The third kappa shape index (κ3) is 6.39. The summed E-state index contributed by atoms with van der Waals surface area (Å²) in [6, 6.07) is 0.768. The average Bonchev–Trinajstić information content (AvgIpc) is 2.36. The van der Waals surface area contributed by atoms with Crippen LogP contribution in [0.5, 0.6) is 0 Å². The van der Waals surface area contributed by atoms with Gasteiger partial charge in [-0.1, -0.05) is 26.2 Å². The highest BCUT2D eigenvalue weighted by molar-refractivity contribution is 4.77. The first-order valence-corrected chi connectivity index (χ1v) is 7.17. The van der Waals surface area contributed by atoms with Crippen LogP contribution in [0.15, 0.2) is 0 Å². The Hall–Kier alpha value is -0.120. The van der Waals surface area contributed by atoms with E-state index in [9.17, 15) is 0 Å². The monoisotopic (exact) mass is 242 g/mol. The fourth-order valence-corrected chi connectivity index (χ4v) is 2.67. The van der Waals surface area contributed by atoms with E-state index in [0.29, 0.717) is 0 Å². The molecule has 2 atom stereocenters. The van der Waals surface area contributed by atoms with Gasteiger partial charge < -0.3 is 15.0 Å². The van der Waals surface area contributed by atoms with E-state index in [1.165, 1.54) is 32.1 Å². The molecule has 1 fully saturated rings. The Labute approximate surface area is 107 Å². The van der Waals surface area contributed by atoms with Gasteiger partial charge in [0.1, 0.15) is 0 Å². The summed E-state index contributed by atoms with van der Waals surface area (Å²) < 4.78 is 5.08. The Bertz CT molecular complexity index is 187. The first kappa shape index (κ1) is 14.9.